The summed E-state index contributed by atoms with van der Waals surface area (Å²) in [5.74, 6) is 1.15. The van der Waals surface area contributed by atoms with Gasteiger partial charge in [-0.3, -0.25) is 0 Å². The van der Waals surface area contributed by atoms with Crippen molar-refractivity contribution in [3.8, 4) is 11.5 Å². The Morgan fingerprint density at radius 3 is 2.32 bits per heavy atom. The number of hydrogen-bond acceptors (Lipinski definition) is 3. The van der Waals surface area contributed by atoms with Gasteiger partial charge in [0, 0.05) is 22.3 Å². The third-order valence-corrected chi connectivity index (χ3v) is 4.75. The van der Waals surface area contributed by atoms with Crippen molar-refractivity contribution in [3.63, 3.8) is 0 Å². The van der Waals surface area contributed by atoms with Crippen molar-refractivity contribution in [2.24, 2.45) is 0 Å². The van der Waals surface area contributed by atoms with Gasteiger partial charge in [0.15, 0.2) is 11.5 Å². The molecule has 0 radical (unpaired) electrons. The SMILES string of the molecule is CCOc1cc(CNc2cccc(Cl)c2)cc(Cl)c1OCc1ccc(Cl)cc1. The zero-order chi connectivity index (χ0) is 19.9. The van der Waals surface area contributed by atoms with E-state index in [1.54, 1.807) is 0 Å². The Hall–Kier alpha value is -2.07. The third-order valence-electron chi connectivity index (χ3n) is 3.99. The van der Waals surface area contributed by atoms with Gasteiger partial charge in [-0.25, -0.2) is 0 Å². The first-order valence-electron chi connectivity index (χ1n) is 8.87. The van der Waals surface area contributed by atoms with Gasteiger partial charge in [0.05, 0.1) is 11.6 Å². The molecular formula is C22H20Cl3NO2. The van der Waals surface area contributed by atoms with E-state index in [2.05, 4.69) is 5.32 Å². The topological polar surface area (TPSA) is 30.5 Å². The summed E-state index contributed by atoms with van der Waals surface area (Å²) in [5.41, 5.74) is 2.91. The fourth-order valence-electron chi connectivity index (χ4n) is 2.67. The summed E-state index contributed by atoms with van der Waals surface area (Å²) >= 11 is 18.4. The van der Waals surface area contributed by atoms with Crippen molar-refractivity contribution in [1.82, 2.24) is 0 Å². The van der Waals surface area contributed by atoms with Crippen LogP contribution in [0.15, 0.2) is 60.7 Å². The van der Waals surface area contributed by atoms with E-state index in [-0.39, 0.29) is 0 Å². The van der Waals surface area contributed by atoms with Crippen molar-refractivity contribution in [2.75, 3.05) is 11.9 Å². The van der Waals surface area contributed by atoms with E-state index in [4.69, 9.17) is 44.3 Å². The lowest BCUT2D eigenvalue weighted by molar-refractivity contribution is 0.269. The monoisotopic (exact) mass is 435 g/mol. The highest BCUT2D eigenvalue weighted by molar-refractivity contribution is 6.32. The van der Waals surface area contributed by atoms with E-state index in [9.17, 15) is 0 Å². The first kappa shape index (κ1) is 20.7. The smallest absolute Gasteiger partial charge is 0.180 e. The van der Waals surface area contributed by atoms with E-state index >= 15 is 0 Å². The average molecular weight is 437 g/mol. The van der Waals surface area contributed by atoms with Gasteiger partial charge in [0.25, 0.3) is 0 Å². The van der Waals surface area contributed by atoms with Crippen LogP contribution in [-0.2, 0) is 13.2 Å². The highest BCUT2D eigenvalue weighted by Crippen LogP contribution is 2.37. The van der Waals surface area contributed by atoms with Gasteiger partial charge in [-0.05, 0) is 60.5 Å². The lowest BCUT2D eigenvalue weighted by Gasteiger charge is -2.16. The van der Waals surface area contributed by atoms with Crippen LogP contribution in [0.3, 0.4) is 0 Å². The molecule has 0 aliphatic rings. The number of halogens is 3. The molecule has 0 aliphatic carbocycles. The summed E-state index contributed by atoms with van der Waals surface area (Å²) in [6.45, 7) is 3.39. The van der Waals surface area contributed by atoms with Gasteiger partial charge in [0.2, 0.25) is 0 Å². The maximum absolute atomic E-state index is 6.49. The molecule has 0 unspecified atom stereocenters. The first-order valence-corrected chi connectivity index (χ1v) is 10.0. The number of anilines is 1. The Balaban J connectivity index is 1.74. The van der Waals surface area contributed by atoms with E-state index in [0.29, 0.717) is 46.3 Å². The van der Waals surface area contributed by atoms with Crippen LogP contribution in [0.1, 0.15) is 18.1 Å². The Kier molecular flexibility index (Phi) is 7.32. The van der Waals surface area contributed by atoms with Crippen molar-refractivity contribution in [2.45, 2.75) is 20.1 Å². The molecule has 1 N–H and O–H groups in total. The van der Waals surface area contributed by atoms with E-state index in [0.717, 1.165) is 16.8 Å². The Labute approximate surface area is 180 Å². The minimum absolute atomic E-state index is 0.372. The summed E-state index contributed by atoms with van der Waals surface area (Å²) < 4.78 is 11.7. The largest absolute Gasteiger partial charge is 0.490 e. The predicted molar refractivity (Wildman–Crippen MR) is 117 cm³/mol. The Morgan fingerprint density at radius 2 is 1.61 bits per heavy atom. The maximum atomic E-state index is 6.49. The molecular weight excluding hydrogens is 417 g/mol. The molecule has 3 nitrogen and oxygen atoms in total. The molecule has 0 bridgehead atoms. The second kappa shape index (κ2) is 9.92. The fourth-order valence-corrected chi connectivity index (χ4v) is 3.27. The van der Waals surface area contributed by atoms with E-state index in [1.807, 2.05) is 67.6 Å². The van der Waals surface area contributed by atoms with Crippen molar-refractivity contribution < 1.29 is 9.47 Å². The van der Waals surface area contributed by atoms with E-state index in [1.165, 1.54) is 0 Å². The van der Waals surface area contributed by atoms with Crippen LogP contribution in [0.4, 0.5) is 5.69 Å². The van der Waals surface area contributed by atoms with Gasteiger partial charge < -0.3 is 14.8 Å². The van der Waals surface area contributed by atoms with Gasteiger partial charge in [-0.1, -0.05) is 53.0 Å². The third kappa shape index (κ3) is 5.71. The lowest BCUT2D eigenvalue weighted by atomic mass is 10.2. The van der Waals surface area contributed by atoms with Crippen LogP contribution in [0.2, 0.25) is 15.1 Å². The summed E-state index contributed by atoms with van der Waals surface area (Å²) in [6.07, 6.45) is 0. The standard InChI is InChI=1S/C22H20Cl3NO2/c1-2-27-21-11-16(13-26-19-5-3-4-18(24)12-19)10-20(25)22(21)28-14-15-6-8-17(23)9-7-15/h3-12,26H,2,13-14H2,1H3. The molecule has 0 saturated carbocycles. The molecule has 6 heteroatoms. The van der Waals surface area contributed by atoms with Crippen molar-refractivity contribution in [1.29, 1.82) is 0 Å². The molecule has 3 aromatic carbocycles. The Bertz CT molecular complexity index is 930. The summed E-state index contributed by atoms with van der Waals surface area (Å²) in [6, 6.07) is 18.9. The number of ether oxygens (including phenoxy) is 2. The number of hydrogen-bond donors (Lipinski definition) is 1. The molecule has 0 spiro atoms. The minimum Gasteiger partial charge on any atom is -0.490 e. The molecule has 0 atom stereocenters. The Morgan fingerprint density at radius 1 is 0.821 bits per heavy atom. The lowest BCUT2D eigenvalue weighted by Crippen LogP contribution is -2.04. The van der Waals surface area contributed by atoms with Crippen molar-refractivity contribution in [3.05, 3.63) is 86.9 Å². The van der Waals surface area contributed by atoms with Gasteiger partial charge in [0.1, 0.15) is 6.61 Å². The molecule has 3 aromatic rings. The quantitative estimate of drug-likeness (QED) is 0.404. The minimum atomic E-state index is 0.372. The zero-order valence-corrected chi connectivity index (χ0v) is 17.6. The number of benzene rings is 3. The average Bonchev–Trinajstić information content (AvgIpc) is 2.67. The van der Waals surface area contributed by atoms with Crippen LogP contribution < -0.4 is 14.8 Å². The second-order valence-electron chi connectivity index (χ2n) is 6.12. The number of nitrogens with one attached hydrogen (secondary N) is 1. The molecule has 0 aromatic heterocycles. The molecule has 3 rings (SSSR count). The highest BCUT2D eigenvalue weighted by Gasteiger charge is 2.13. The van der Waals surface area contributed by atoms with Gasteiger partial charge in [-0.2, -0.15) is 0 Å². The highest BCUT2D eigenvalue weighted by atomic mass is 35.5. The molecule has 0 amide bonds. The van der Waals surface area contributed by atoms with Crippen LogP contribution >= 0.6 is 34.8 Å². The molecule has 28 heavy (non-hydrogen) atoms. The molecule has 0 heterocycles. The van der Waals surface area contributed by atoms with Gasteiger partial charge >= 0.3 is 0 Å². The first-order chi connectivity index (χ1) is 13.5. The van der Waals surface area contributed by atoms with Crippen LogP contribution in [0, 0.1) is 0 Å². The summed E-state index contributed by atoms with van der Waals surface area (Å²) in [5, 5.41) is 5.20. The maximum Gasteiger partial charge on any atom is 0.180 e. The van der Waals surface area contributed by atoms with Crippen LogP contribution in [0.5, 0.6) is 11.5 Å². The molecule has 0 saturated heterocycles. The number of rotatable bonds is 8. The molecule has 0 aliphatic heterocycles. The normalized spacial score (nSPS) is 10.6. The fraction of sp³-hybridized carbons (Fsp3) is 0.182. The molecule has 146 valence electrons. The summed E-state index contributed by atoms with van der Waals surface area (Å²) in [4.78, 5) is 0. The molecule has 0 fully saturated rings. The van der Waals surface area contributed by atoms with Crippen molar-refractivity contribution >= 4 is 40.5 Å². The van der Waals surface area contributed by atoms with Crippen LogP contribution in [0.25, 0.3) is 0 Å². The van der Waals surface area contributed by atoms with Gasteiger partial charge in [-0.15, -0.1) is 0 Å². The van der Waals surface area contributed by atoms with Crippen LogP contribution in [-0.4, -0.2) is 6.61 Å². The predicted octanol–water partition coefficient (Wildman–Crippen LogP) is 7.24. The second-order valence-corrected chi connectivity index (χ2v) is 7.40. The zero-order valence-electron chi connectivity index (χ0n) is 15.3. The van der Waals surface area contributed by atoms with E-state index < -0.39 is 0 Å². The summed E-state index contributed by atoms with van der Waals surface area (Å²) in [7, 11) is 0.